The number of fused-ring (bicyclic) bond motifs is 3. The average Bonchev–Trinajstić information content (AvgIpc) is 3.29. The molecule has 2 aromatic heterocycles. The zero-order valence-electron chi connectivity index (χ0n) is 20.2. The monoisotopic (exact) mass is 484 g/mol. The van der Waals surface area contributed by atoms with Gasteiger partial charge in [0.15, 0.2) is 5.65 Å². The van der Waals surface area contributed by atoms with Gasteiger partial charge in [-0.15, -0.1) is 0 Å². The SMILES string of the molecule is NC1(c2ccc(-c3ccc4nn5cc(-c6ccccc6)c(-c6ccc(F)cc6)nc5c4c3)cc2)CCC1. The minimum absolute atomic E-state index is 0.165. The Balaban J connectivity index is 1.38. The number of hydrogen-bond donors (Lipinski definition) is 1. The summed E-state index contributed by atoms with van der Waals surface area (Å²) in [6.07, 6.45) is 5.31. The molecule has 1 aliphatic rings. The lowest BCUT2D eigenvalue weighted by Gasteiger charge is -2.38. The van der Waals surface area contributed by atoms with Crippen LogP contribution >= 0.6 is 0 Å². The van der Waals surface area contributed by atoms with Gasteiger partial charge in [-0.2, -0.15) is 5.10 Å². The summed E-state index contributed by atoms with van der Waals surface area (Å²) >= 11 is 0. The van der Waals surface area contributed by atoms with E-state index in [1.807, 2.05) is 35.0 Å². The van der Waals surface area contributed by atoms with E-state index in [9.17, 15) is 4.39 Å². The summed E-state index contributed by atoms with van der Waals surface area (Å²) in [6, 6.07) is 31.5. The summed E-state index contributed by atoms with van der Waals surface area (Å²) in [7, 11) is 0. The van der Waals surface area contributed by atoms with Crippen LogP contribution in [-0.2, 0) is 5.54 Å². The lowest BCUT2D eigenvalue weighted by molar-refractivity contribution is 0.253. The van der Waals surface area contributed by atoms with E-state index in [4.69, 9.17) is 15.8 Å². The van der Waals surface area contributed by atoms with Crippen LogP contribution in [0.15, 0.2) is 103 Å². The highest BCUT2D eigenvalue weighted by molar-refractivity contribution is 5.97. The summed E-state index contributed by atoms with van der Waals surface area (Å²) in [5.74, 6) is -0.269. The van der Waals surface area contributed by atoms with Gasteiger partial charge in [0.05, 0.1) is 11.2 Å². The van der Waals surface area contributed by atoms with Gasteiger partial charge < -0.3 is 5.73 Å². The van der Waals surface area contributed by atoms with Gasteiger partial charge in [0.25, 0.3) is 0 Å². The topological polar surface area (TPSA) is 56.2 Å². The van der Waals surface area contributed by atoms with Gasteiger partial charge >= 0.3 is 0 Å². The number of nitrogens with two attached hydrogens (primary N) is 1. The number of aromatic nitrogens is 3. The van der Waals surface area contributed by atoms with E-state index < -0.39 is 0 Å². The van der Waals surface area contributed by atoms with Crippen molar-refractivity contribution in [2.75, 3.05) is 0 Å². The first-order valence-corrected chi connectivity index (χ1v) is 12.6. The Kier molecular flexibility index (Phi) is 4.94. The van der Waals surface area contributed by atoms with E-state index in [1.165, 1.54) is 24.1 Å². The van der Waals surface area contributed by atoms with E-state index in [2.05, 4.69) is 48.5 Å². The fourth-order valence-corrected chi connectivity index (χ4v) is 5.32. The molecule has 2 heterocycles. The highest BCUT2D eigenvalue weighted by Crippen LogP contribution is 2.39. The lowest BCUT2D eigenvalue weighted by atomic mass is 9.72. The molecule has 2 N–H and O–H groups in total. The van der Waals surface area contributed by atoms with E-state index in [-0.39, 0.29) is 11.4 Å². The van der Waals surface area contributed by atoms with Crippen LogP contribution in [0.1, 0.15) is 24.8 Å². The standard InChI is InChI=1S/C32H25FN4/c33-26-14-9-23(10-15-26)30-28(22-5-2-1-3-6-22)20-37-31(35-30)27-19-24(11-16-29(27)36-37)21-7-12-25(13-8-21)32(34)17-4-18-32/h1-3,5-16,19-20H,4,17-18,34H2. The summed E-state index contributed by atoms with van der Waals surface area (Å²) in [4.78, 5) is 5.10. The van der Waals surface area contributed by atoms with Crippen LogP contribution in [0.5, 0.6) is 0 Å². The Labute approximate surface area is 214 Å². The molecule has 4 aromatic carbocycles. The molecule has 0 amide bonds. The Morgan fingerprint density at radius 3 is 2.16 bits per heavy atom. The maximum absolute atomic E-state index is 13.7. The van der Waals surface area contributed by atoms with E-state index in [1.54, 1.807) is 12.1 Å². The molecule has 0 radical (unpaired) electrons. The highest BCUT2D eigenvalue weighted by atomic mass is 19.1. The zero-order chi connectivity index (χ0) is 25.0. The van der Waals surface area contributed by atoms with Gasteiger partial charge in [0.1, 0.15) is 5.82 Å². The molecule has 0 bridgehead atoms. The van der Waals surface area contributed by atoms with Crippen LogP contribution in [0.4, 0.5) is 4.39 Å². The van der Waals surface area contributed by atoms with Gasteiger partial charge in [-0.05, 0) is 77.9 Å². The summed E-state index contributed by atoms with van der Waals surface area (Å²) < 4.78 is 15.6. The first-order valence-electron chi connectivity index (χ1n) is 12.6. The van der Waals surface area contributed by atoms with Gasteiger partial charge in [-0.1, -0.05) is 60.7 Å². The van der Waals surface area contributed by atoms with Crippen molar-refractivity contribution < 1.29 is 4.39 Å². The minimum Gasteiger partial charge on any atom is -0.321 e. The molecule has 7 rings (SSSR count). The van der Waals surface area contributed by atoms with Gasteiger partial charge in [-0.25, -0.2) is 13.9 Å². The fraction of sp³-hybridized carbons (Fsp3) is 0.125. The molecule has 0 aliphatic heterocycles. The van der Waals surface area contributed by atoms with Crippen LogP contribution in [0.3, 0.4) is 0 Å². The first kappa shape index (κ1) is 21.9. The number of benzene rings is 4. The molecule has 1 fully saturated rings. The second kappa shape index (κ2) is 8.36. The molecule has 5 heteroatoms. The fourth-order valence-electron chi connectivity index (χ4n) is 5.32. The maximum Gasteiger partial charge on any atom is 0.163 e. The molecule has 6 aromatic rings. The van der Waals surface area contributed by atoms with Crippen molar-refractivity contribution >= 4 is 16.6 Å². The van der Waals surface area contributed by atoms with Crippen LogP contribution in [0.25, 0.3) is 50.1 Å². The number of hydrogen-bond acceptors (Lipinski definition) is 3. The lowest BCUT2D eigenvalue weighted by Crippen LogP contribution is -2.43. The third-order valence-electron chi connectivity index (χ3n) is 7.64. The van der Waals surface area contributed by atoms with E-state index in [0.29, 0.717) is 0 Å². The van der Waals surface area contributed by atoms with Crippen molar-refractivity contribution in [1.82, 2.24) is 14.6 Å². The van der Waals surface area contributed by atoms with Crippen LogP contribution in [0.2, 0.25) is 0 Å². The molecule has 37 heavy (non-hydrogen) atoms. The van der Waals surface area contributed by atoms with Crippen molar-refractivity contribution in [2.24, 2.45) is 5.73 Å². The van der Waals surface area contributed by atoms with Crippen LogP contribution < -0.4 is 5.73 Å². The molecule has 0 spiro atoms. The van der Waals surface area contributed by atoms with Gasteiger partial charge in [0.2, 0.25) is 0 Å². The molecule has 1 saturated carbocycles. The van der Waals surface area contributed by atoms with Crippen molar-refractivity contribution in [3.63, 3.8) is 0 Å². The summed E-state index contributed by atoms with van der Waals surface area (Å²) in [5, 5.41) is 5.80. The molecule has 0 unspecified atom stereocenters. The van der Waals surface area contributed by atoms with Gasteiger partial charge in [-0.3, -0.25) is 0 Å². The van der Waals surface area contributed by atoms with Crippen LogP contribution in [-0.4, -0.2) is 14.6 Å². The predicted octanol–water partition coefficient (Wildman–Crippen LogP) is 7.36. The molecule has 180 valence electrons. The molecular weight excluding hydrogens is 459 g/mol. The second-order valence-corrected chi connectivity index (χ2v) is 9.96. The largest absolute Gasteiger partial charge is 0.321 e. The van der Waals surface area contributed by atoms with E-state index in [0.717, 1.165) is 62.9 Å². The highest BCUT2D eigenvalue weighted by Gasteiger charge is 2.34. The Hall–Kier alpha value is -4.35. The molecule has 0 atom stereocenters. The second-order valence-electron chi connectivity index (χ2n) is 9.96. The predicted molar refractivity (Wildman–Crippen MR) is 146 cm³/mol. The summed E-state index contributed by atoms with van der Waals surface area (Å²) in [5.41, 5.74) is 15.1. The smallest absolute Gasteiger partial charge is 0.163 e. The average molecular weight is 485 g/mol. The van der Waals surface area contributed by atoms with Crippen molar-refractivity contribution in [3.8, 4) is 33.5 Å². The maximum atomic E-state index is 13.7. The third kappa shape index (κ3) is 3.71. The first-order chi connectivity index (χ1) is 18.1. The van der Waals surface area contributed by atoms with Crippen molar-refractivity contribution in [2.45, 2.75) is 24.8 Å². The molecule has 1 aliphatic carbocycles. The minimum atomic E-state index is -0.269. The Morgan fingerprint density at radius 2 is 1.46 bits per heavy atom. The Bertz CT molecular complexity index is 1750. The van der Waals surface area contributed by atoms with Gasteiger partial charge in [0, 0.05) is 28.2 Å². The third-order valence-corrected chi connectivity index (χ3v) is 7.64. The zero-order valence-corrected chi connectivity index (χ0v) is 20.2. The molecular formula is C32H25FN4. The van der Waals surface area contributed by atoms with Crippen LogP contribution in [0, 0.1) is 5.82 Å². The number of rotatable bonds is 4. The quantitative estimate of drug-likeness (QED) is 0.284. The normalized spacial score (nSPS) is 14.6. The molecule has 0 saturated heterocycles. The summed E-state index contributed by atoms with van der Waals surface area (Å²) in [6.45, 7) is 0. The Morgan fingerprint density at radius 1 is 0.757 bits per heavy atom. The van der Waals surface area contributed by atoms with Crippen molar-refractivity contribution in [1.29, 1.82) is 0 Å². The number of halogens is 1. The molecule has 4 nitrogen and oxygen atoms in total. The van der Waals surface area contributed by atoms with E-state index >= 15 is 0 Å². The number of nitrogens with zero attached hydrogens (tertiary/aromatic N) is 3. The van der Waals surface area contributed by atoms with Crippen molar-refractivity contribution in [3.05, 3.63) is 115 Å².